The van der Waals surface area contributed by atoms with Crippen molar-refractivity contribution in [2.45, 2.75) is 13.5 Å². The Bertz CT molecular complexity index is 664. The van der Waals surface area contributed by atoms with Crippen LogP contribution in [-0.2, 0) is 6.54 Å². The highest BCUT2D eigenvalue weighted by molar-refractivity contribution is 5.62. The maximum absolute atomic E-state index is 12.1. The van der Waals surface area contributed by atoms with Gasteiger partial charge in [0.25, 0.3) is 5.88 Å². The van der Waals surface area contributed by atoms with Crippen molar-refractivity contribution in [2.24, 2.45) is 0 Å². The van der Waals surface area contributed by atoms with Crippen molar-refractivity contribution in [3.8, 4) is 11.6 Å². The van der Waals surface area contributed by atoms with Crippen LogP contribution in [0.1, 0.15) is 6.92 Å². The molecule has 0 saturated heterocycles. The minimum absolute atomic E-state index is 0.0250. The molecule has 2 N–H and O–H groups in total. The second-order valence-corrected chi connectivity index (χ2v) is 4.54. The molecule has 0 unspecified atom stereocenters. The van der Waals surface area contributed by atoms with Gasteiger partial charge in [-0.3, -0.25) is 4.79 Å². The van der Waals surface area contributed by atoms with Gasteiger partial charge in [-0.15, -0.1) is 0 Å². The van der Waals surface area contributed by atoms with Crippen molar-refractivity contribution < 1.29 is 4.74 Å². The van der Waals surface area contributed by atoms with Crippen LogP contribution < -0.4 is 20.9 Å². The molecule has 0 aliphatic heterocycles. The molecular formula is C14H18N4O2. The largest absolute Gasteiger partial charge is 0.432 e. The Labute approximate surface area is 117 Å². The molecule has 6 nitrogen and oxygen atoms in total. The standard InChI is InChI=1S/C14H18N4O2/c1-4-18-8-7-16-13(14(18)19)20-12-9-10(17(2)3)5-6-11(12)15/h5-9H,4,15H2,1-3H3. The number of nitrogens with zero attached hydrogens (tertiary/aromatic N) is 3. The van der Waals surface area contributed by atoms with Crippen LogP contribution in [0.25, 0.3) is 0 Å². The van der Waals surface area contributed by atoms with E-state index in [0.29, 0.717) is 18.0 Å². The lowest BCUT2D eigenvalue weighted by molar-refractivity contribution is 0.447. The van der Waals surface area contributed by atoms with Crippen LogP contribution in [0.15, 0.2) is 35.4 Å². The van der Waals surface area contributed by atoms with E-state index in [-0.39, 0.29) is 11.4 Å². The van der Waals surface area contributed by atoms with E-state index >= 15 is 0 Å². The number of ether oxygens (including phenoxy) is 1. The number of nitrogen functional groups attached to an aromatic ring is 1. The first-order valence-corrected chi connectivity index (χ1v) is 6.33. The topological polar surface area (TPSA) is 73.4 Å². The number of aromatic nitrogens is 2. The monoisotopic (exact) mass is 274 g/mol. The Morgan fingerprint density at radius 3 is 2.80 bits per heavy atom. The summed E-state index contributed by atoms with van der Waals surface area (Å²) in [5, 5.41) is 0. The first-order chi connectivity index (χ1) is 9.52. The van der Waals surface area contributed by atoms with Crippen molar-refractivity contribution in [1.82, 2.24) is 9.55 Å². The van der Waals surface area contributed by atoms with Crippen molar-refractivity contribution in [3.05, 3.63) is 40.9 Å². The van der Waals surface area contributed by atoms with Crippen molar-refractivity contribution >= 4 is 11.4 Å². The first kappa shape index (κ1) is 13.9. The number of anilines is 2. The van der Waals surface area contributed by atoms with Gasteiger partial charge in [-0.1, -0.05) is 0 Å². The maximum atomic E-state index is 12.1. The number of aryl methyl sites for hydroxylation is 1. The lowest BCUT2D eigenvalue weighted by Crippen LogP contribution is -2.20. The summed E-state index contributed by atoms with van der Waals surface area (Å²) in [6.07, 6.45) is 3.15. The van der Waals surface area contributed by atoms with E-state index in [2.05, 4.69) is 4.98 Å². The molecule has 2 aromatic rings. The molecule has 0 spiro atoms. The van der Waals surface area contributed by atoms with E-state index in [4.69, 9.17) is 10.5 Å². The average Bonchev–Trinajstić information content (AvgIpc) is 2.43. The van der Waals surface area contributed by atoms with Gasteiger partial charge in [-0.25, -0.2) is 4.98 Å². The van der Waals surface area contributed by atoms with E-state index in [1.54, 1.807) is 18.3 Å². The normalized spacial score (nSPS) is 10.3. The molecule has 1 aromatic heterocycles. The van der Waals surface area contributed by atoms with Crippen LogP contribution in [-0.4, -0.2) is 23.6 Å². The van der Waals surface area contributed by atoms with E-state index in [1.165, 1.54) is 10.8 Å². The van der Waals surface area contributed by atoms with Crippen LogP contribution in [0.2, 0.25) is 0 Å². The minimum atomic E-state index is -0.273. The average molecular weight is 274 g/mol. The smallest absolute Gasteiger partial charge is 0.313 e. The molecular weight excluding hydrogens is 256 g/mol. The predicted molar refractivity (Wildman–Crippen MR) is 79.4 cm³/mol. The molecule has 106 valence electrons. The number of benzene rings is 1. The second kappa shape index (κ2) is 5.64. The van der Waals surface area contributed by atoms with Gasteiger partial charge < -0.3 is 19.9 Å². The molecule has 0 fully saturated rings. The summed E-state index contributed by atoms with van der Waals surface area (Å²) >= 11 is 0. The lowest BCUT2D eigenvalue weighted by Gasteiger charge is -2.15. The van der Waals surface area contributed by atoms with E-state index in [1.807, 2.05) is 32.0 Å². The van der Waals surface area contributed by atoms with E-state index in [9.17, 15) is 4.79 Å². The first-order valence-electron chi connectivity index (χ1n) is 6.33. The molecule has 0 bridgehead atoms. The lowest BCUT2D eigenvalue weighted by atomic mass is 10.2. The van der Waals surface area contributed by atoms with Crippen molar-refractivity contribution in [2.75, 3.05) is 24.7 Å². The van der Waals surface area contributed by atoms with Gasteiger partial charge in [0, 0.05) is 44.8 Å². The summed E-state index contributed by atoms with van der Waals surface area (Å²) in [5.41, 5.74) is 7.00. The zero-order valence-corrected chi connectivity index (χ0v) is 11.8. The zero-order chi connectivity index (χ0) is 14.7. The summed E-state index contributed by atoms with van der Waals surface area (Å²) in [6, 6.07) is 5.40. The van der Waals surface area contributed by atoms with Crippen molar-refractivity contribution in [3.63, 3.8) is 0 Å². The van der Waals surface area contributed by atoms with Gasteiger partial charge in [-0.05, 0) is 19.1 Å². The molecule has 6 heteroatoms. The second-order valence-electron chi connectivity index (χ2n) is 4.54. The van der Waals surface area contributed by atoms with E-state index < -0.39 is 0 Å². The van der Waals surface area contributed by atoms with Gasteiger partial charge in [0.1, 0.15) is 0 Å². The Morgan fingerprint density at radius 1 is 1.40 bits per heavy atom. The number of nitrogens with two attached hydrogens (primary N) is 1. The SMILES string of the molecule is CCn1ccnc(Oc2cc(N(C)C)ccc2N)c1=O. The highest BCUT2D eigenvalue weighted by Crippen LogP contribution is 2.29. The summed E-state index contributed by atoms with van der Waals surface area (Å²) in [5.74, 6) is 0.451. The molecule has 0 saturated carbocycles. The van der Waals surface area contributed by atoms with Gasteiger partial charge in [0.2, 0.25) is 0 Å². The van der Waals surface area contributed by atoms with Crippen LogP contribution >= 0.6 is 0 Å². The van der Waals surface area contributed by atoms with Gasteiger partial charge in [0.15, 0.2) is 5.75 Å². The van der Waals surface area contributed by atoms with Crippen LogP contribution in [0.4, 0.5) is 11.4 Å². The van der Waals surface area contributed by atoms with Crippen LogP contribution in [0.3, 0.4) is 0 Å². The Balaban J connectivity index is 2.40. The molecule has 20 heavy (non-hydrogen) atoms. The van der Waals surface area contributed by atoms with Gasteiger partial charge in [0.05, 0.1) is 5.69 Å². The van der Waals surface area contributed by atoms with Gasteiger partial charge in [-0.2, -0.15) is 0 Å². The summed E-state index contributed by atoms with van der Waals surface area (Å²) in [7, 11) is 3.83. The minimum Gasteiger partial charge on any atom is -0.432 e. The summed E-state index contributed by atoms with van der Waals surface area (Å²) < 4.78 is 7.10. The quantitative estimate of drug-likeness (QED) is 0.859. The molecule has 0 atom stereocenters. The third kappa shape index (κ3) is 2.74. The molecule has 1 heterocycles. The van der Waals surface area contributed by atoms with Crippen LogP contribution in [0.5, 0.6) is 11.6 Å². The fourth-order valence-corrected chi connectivity index (χ4v) is 1.74. The molecule has 0 aliphatic rings. The number of rotatable bonds is 4. The maximum Gasteiger partial charge on any atom is 0.313 e. The Morgan fingerprint density at radius 2 is 2.15 bits per heavy atom. The molecule has 1 aromatic carbocycles. The molecule has 0 aliphatic carbocycles. The Hall–Kier alpha value is -2.50. The van der Waals surface area contributed by atoms with Crippen molar-refractivity contribution in [1.29, 1.82) is 0 Å². The van der Waals surface area contributed by atoms with E-state index in [0.717, 1.165) is 5.69 Å². The van der Waals surface area contributed by atoms with Gasteiger partial charge >= 0.3 is 5.56 Å². The fourth-order valence-electron chi connectivity index (χ4n) is 1.74. The zero-order valence-electron chi connectivity index (χ0n) is 11.8. The molecule has 0 radical (unpaired) electrons. The molecule has 2 rings (SSSR count). The third-order valence-electron chi connectivity index (χ3n) is 2.94. The summed E-state index contributed by atoms with van der Waals surface area (Å²) in [4.78, 5) is 18.0. The van der Waals surface area contributed by atoms with Crippen LogP contribution in [0, 0.1) is 0 Å². The highest BCUT2D eigenvalue weighted by atomic mass is 16.5. The fraction of sp³-hybridized carbons (Fsp3) is 0.286. The number of hydrogen-bond donors (Lipinski definition) is 1. The predicted octanol–water partition coefficient (Wildman–Crippen LogP) is 1.70. The number of hydrogen-bond acceptors (Lipinski definition) is 5. The third-order valence-corrected chi connectivity index (χ3v) is 2.94. The molecule has 0 amide bonds. The Kier molecular flexibility index (Phi) is 3.93. The summed E-state index contributed by atoms with van der Waals surface area (Å²) in [6.45, 7) is 2.44. The highest BCUT2D eigenvalue weighted by Gasteiger charge is 2.10.